The van der Waals surface area contributed by atoms with E-state index >= 15 is 0 Å². The van der Waals surface area contributed by atoms with Gasteiger partial charge in [-0.1, -0.05) is 24.6 Å². The highest BCUT2D eigenvalue weighted by Gasteiger charge is 2.33. The summed E-state index contributed by atoms with van der Waals surface area (Å²) in [5.74, 6) is -0.212. The Balaban J connectivity index is 2.21. The lowest BCUT2D eigenvalue weighted by atomic mass is 9.82. The highest BCUT2D eigenvalue weighted by Crippen LogP contribution is 2.38. The number of ether oxygens (including phenoxy) is 1. The lowest BCUT2D eigenvalue weighted by Crippen LogP contribution is -2.21. The summed E-state index contributed by atoms with van der Waals surface area (Å²) in [5, 5.41) is 9.60. The van der Waals surface area contributed by atoms with Gasteiger partial charge in [-0.05, 0) is 36.8 Å². The fourth-order valence-corrected chi connectivity index (χ4v) is 2.48. The molecule has 0 spiro atoms. The van der Waals surface area contributed by atoms with E-state index in [0.29, 0.717) is 12.0 Å². The van der Waals surface area contributed by atoms with E-state index in [1.165, 1.54) is 12.1 Å². The number of hydrogen-bond donors (Lipinski definition) is 1. The van der Waals surface area contributed by atoms with Crippen LogP contribution in [0.5, 0.6) is 5.75 Å². The van der Waals surface area contributed by atoms with E-state index in [0.717, 1.165) is 19.3 Å². The van der Waals surface area contributed by atoms with Gasteiger partial charge < -0.3 is 9.84 Å². The first kappa shape index (κ1) is 13.2. The van der Waals surface area contributed by atoms with Crippen LogP contribution in [0.15, 0.2) is 24.3 Å². The summed E-state index contributed by atoms with van der Waals surface area (Å²) in [5.41, 5.74) is 0.536. The third-order valence-corrected chi connectivity index (χ3v) is 3.23. The Morgan fingerprint density at radius 1 is 1.17 bits per heavy atom. The van der Waals surface area contributed by atoms with Crippen LogP contribution in [0.4, 0.5) is 13.2 Å². The van der Waals surface area contributed by atoms with Crippen LogP contribution in [0, 0.1) is 0 Å². The molecule has 100 valence electrons. The monoisotopic (exact) mass is 260 g/mol. The quantitative estimate of drug-likeness (QED) is 0.880. The summed E-state index contributed by atoms with van der Waals surface area (Å²) in [4.78, 5) is 0. The molecule has 0 saturated heterocycles. The van der Waals surface area contributed by atoms with E-state index in [1.54, 1.807) is 12.1 Å². The summed E-state index contributed by atoms with van der Waals surface area (Å²) >= 11 is 0. The van der Waals surface area contributed by atoms with E-state index in [2.05, 4.69) is 4.74 Å². The number of para-hydroxylation sites is 1. The normalized spacial score (nSPS) is 24.9. The minimum atomic E-state index is -4.68. The summed E-state index contributed by atoms with van der Waals surface area (Å²) in [7, 11) is 0. The molecule has 1 aliphatic carbocycles. The van der Waals surface area contributed by atoms with E-state index in [4.69, 9.17) is 0 Å². The van der Waals surface area contributed by atoms with Crippen LogP contribution < -0.4 is 4.74 Å². The molecule has 2 unspecified atom stereocenters. The lowest BCUT2D eigenvalue weighted by molar-refractivity contribution is -0.275. The highest BCUT2D eigenvalue weighted by atomic mass is 19.4. The van der Waals surface area contributed by atoms with Crippen molar-refractivity contribution in [2.45, 2.75) is 44.1 Å². The zero-order chi connectivity index (χ0) is 13.2. The van der Waals surface area contributed by atoms with Crippen LogP contribution in [-0.4, -0.2) is 17.6 Å². The number of alkyl halides is 3. The molecular weight excluding hydrogens is 245 g/mol. The second-order valence-electron chi connectivity index (χ2n) is 4.60. The van der Waals surface area contributed by atoms with E-state index < -0.39 is 12.5 Å². The minimum absolute atomic E-state index is 0.0627. The molecule has 0 amide bonds. The molecule has 0 aliphatic heterocycles. The molecule has 1 aromatic carbocycles. The maximum Gasteiger partial charge on any atom is 0.573 e. The molecule has 1 aliphatic rings. The number of aliphatic hydroxyl groups is 1. The van der Waals surface area contributed by atoms with Gasteiger partial charge in [0.15, 0.2) is 0 Å². The third-order valence-electron chi connectivity index (χ3n) is 3.23. The molecule has 0 heterocycles. The largest absolute Gasteiger partial charge is 0.573 e. The Labute approximate surface area is 103 Å². The number of benzene rings is 1. The molecule has 2 atom stereocenters. The average Bonchev–Trinajstić information content (AvgIpc) is 2.27. The third kappa shape index (κ3) is 3.38. The van der Waals surface area contributed by atoms with Crippen molar-refractivity contribution in [2.75, 3.05) is 0 Å². The number of rotatable bonds is 2. The topological polar surface area (TPSA) is 29.5 Å². The Hall–Kier alpha value is -1.23. The first-order valence-electron chi connectivity index (χ1n) is 5.98. The second-order valence-corrected chi connectivity index (χ2v) is 4.60. The molecule has 5 heteroatoms. The zero-order valence-corrected chi connectivity index (χ0v) is 9.78. The summed E-state index contributed by atoms with van der Waals surface area (Å²) < 4.78 is 40.9. The predicted octanol–water partition coefficient (Wildman–Crippen LogP) is 3.60. The van der Waals surface area contributed by atoms with Gasteiger partial charge in [-0.2, -0.15) is 0 Å². The van der Waals surface area contributed by atoms with Gasteiger partial charge in [0, 0.05) is 0 Å². The van der Waals surface area contributed by atoms with Gasteiger partial charge in [-0.15, -0.1) is 13.2 Å². The van der Waals surface area contributed by atoms with E-state index in [1.807, 2.05) is 0 Å². The fourth-order valence-electron chi connectivity index (χ4n) is 2.48. The van der Waals surface area contributed by atoms with Crippen LogP contribution in [0.25, 0.3) is 0 Å². The molecule has 0 bridgehead atoms. The van der Waals surface area contributed by atoms with Gasteiger partial charge in [0.1, 0.15) is 5.75 Å². The zero-order valence-electron chi connectivity index (χ0n) is 9.78. The van der Waals surface area contributed by atoms with Gasteiger partial charge >= 0.3 is 6.36 Å². The van der Waals surface area contributed by atoms with Crippen LogP contribution >= 0.6 is 0 Å². The molecule has 18 heavy (non-hydrogen) atoms. The smallest absolute Gasteiger partial charge is 0.405 e. The molecule has 2 nitrogen and oxygen atoms in total. The van der Waals surface area contributed by atoms with Gasteiger partial charge in [-0.25, -0.2) is 0 Å². The Bertz CT molecular complexity index is 403. The van der Waals surface area contributed by atoms with Crippen molar-refractivity contribution < 1.29 is 23.0 Å². The standard InChI is InChI=1S/C13H15F3O2/c14-13(15,16)18-12-7-2-1-6-11(12)9-4-3-5-10(17)8-9/h1-2,6-7,9-10,17H,3-5,8H2. The number of halogens is 3. The van der Waals surface area contributed by atoms with E-state index in [-0.39, 0.29) is 11.7 Å². The second kappa shape index (κ2) is 5.18. The van der Waals surface area contributed by atoms with Gasteiger partial charge in [-0.3, -0.25) is 0 Å². The van der Waals surface area contributed by atoms with Gasteiger partial charge in [0.2, 0.25) is 0 Å². The van der Waals surface area contributed by atoms with Crippen LogP contribution in [0.2, 0.25) is 0 Å². The Morgan fingerprint density at radius 3 is 2.56 bits per heavy atom. The van der Waals surface area contributed by atoms with Crippen LogP contribution in [0.3, 0.4) is 0 Å². The molecule has 1 aromatic rings. The molecular formula is C13H15F3O2. The maximum absolute atomic E-state index is 12.3. The fraction of sp³-hybridized carbons (Fsp3) is 0.538. The number of hydrogen-bond acceptors (Lipinski definition) is 2. The molecule has 2 rings (SSSR count). The summed E-state index contributed by atoms with van der Waals surface area (Å²) in [6, 6.07) is 6.18. The highest BCUT2D eigenvalue weighted by molar-refractivity contribution is 5.36. The lowest BCUT2D eigenvalue weighted by Gasteiger charge is -2.27. The summed E-state index contributed by atoms with van der Waals surface area (Å²) in [6.07, 6.45) is -2.27. The van der Waals surface area contributed by atoms with Crippen LogP contribution in [0.1, 0.15) is 37.2 Å². The molecule has 1 N–H and O–H groups in total. The predicted molar refractivity (Wildman–Crippen MR) is 60.3 cm³/mol. The SMILES string of the molecule is OC1CCCC(c2ccccc2OC(F)(F)F)C1. The molecule has 1 fully saturated rings. The van der Waals surface area contributed by atoms with Crippen molar-refractivity contribution in [3.63, 3.8) is 0 Å². The van der Waals surface area contributed by atoms with Gasteiger partial charge in [0.05, 0.1) is 6.10 Å². The Kier molecular flexibility index (Phi) is 3.80. The van der Waals surface area contributed by atoms with Crippen molar-refractivity contribution >= 4 is 0 Å². The maximum atomic E-state index is 12.3. The average molecular weight is 260 g/mol. The molecule has 0 radical (unpaired) electrons. The first-order chi connectivity index (χ1) is 8.46. The summed E-state index contributed by atoms with van der Waals surface area (Å²) in [6.45, 7) is 0. The van der Waals surface area contributed by atoms with Crippen molar-refractivity contribution in [3.8, 4) is 5.75 Å². The minimum Gasteiger partial charge on any atom is -0.405 e. The van der Waals surface area contributed by atoms with Crippen molar-refractivity contribution in [1.29, 1.82) is 0 Å². The first-order valence-corrected chi connectivity index (χ1v) is 5.98. The van der Waals surface area contributed by atoms with Crippen LogP contribution in [-0.2, 0) is 0 Å². The van der Waals surface area contributed by atoms with Crippen molar-refractivity contribution in [3.05, 3.63) is 29.8 Å². The Morgan fingerprint density at radius 2 is 1.89 bits per heavy atom. The van der Waals surface area contributed by atoms with Crippen molar-refractivity contribution in [2.24, 2.45) is 0 Å². The van der Waals surface area contributed by atoms with Gasteiger partial charge in [0.25, 0.3) is 0 Å². The van der Waals surface area contributed by atoms with Crippen molar-refractivity contribution in [1.82, 2.24) is 0 Å². The number of aliphatic hydroxyl groups excluding tert-OH is 1. The molecule has 1 saturated carbocycles. The molecule has 0 aromatic heterocycles. The van der Waals surface area contributed by atoms with E-state index in [9.17, 15) is 18.3 Å².